The second-order valence-electron chi connectivity index (χ2n) is 4.84. The number of nitrogens with one attached hydrogen (secondary N) is 1. The van der Waals surface area contributed by atoms with E-state index in [0.29, 0.717) is 23.6 Å². The molecule has 1 aromatic heterocycles. The highest BCUT2D eigenvalue weighted by molar-refractivity contribution is 6.04. The van der Waals surface area contributed by atoms with Gasteiger partial charge in [0.2, 0.25) is 0 Å². The van der Waals surface area contributed by atoms with Gasteiger partial charge in [-0.25, -0.2) is 0 Å². The van der Waals surface area contributed by atoms with Crippen LogP contribution in [0.25, 0.3) is 0 Å². The van der Waals surface area contributed by atoms with Crippen molar-refractivity contribution in [2.75, 3.05) is 31.6 Å². The summed E-state index contributed by atoms with van der Waals surface area (Å²) in [5.41, 5.74) is 1.14. The summed E-state index contributed by atoms with van der Waals surface area (Å²) in [4.78, 5) is 14.4. The molecular formula is C17H22N2O3. The van der Waals surface area contributed by atoms with E-state index >= 15 is 0 Å². The van der Waals surface area contributed by atoms with E-state index in [1.54, 1.807) is 6.07 Å². The van der Waals surface area contributed by atoms with Gasteiger partial charge in [-0.15, -0.1) is 0 Å². The lowest BCUT2D eigenvalue weighted by Crippen LogP contribution is -2.28. The third-order valence-electron chi connectivity index (χ3n) is 3.48. The Balaban J connectivity index is 1.96. The summed E-state index contributed by atoms with van der Waals surface area (Å²) < 4.78 is 10.7. The SMILES string of the molecule is CCN(CC)CCOc1ccccc1NC(=O)c1ccoc1. The van der Waals surface area contributed by atoms with Crippen molar-refractivity contribution < 1.29 is 13.9 Å². The molecule has 0 bridgehead atoms. The molecule has 5 heteroatoms. The molecule has 0 aliphatic rings. The predicted molar refractivity (Wildman–Crippen MR) is 86.4 cm³/mol. The Morgan fingerprint density at radius 1 is 1.23 bits per heavy atom. The minimum Gasteiger partial charge on any atom is -0.490 e. The fraction of sp³-hybridized carbons (Fsp3) is 0.353. The summed E-state index contributed by atoms with van der Waals surface area (Å²) in [6.45, 7) is 7.69. The average Bonchev–Trinajstić information content (AvgIpc) is 3.07. The maximum Gasteiger partial charge on any atom is 0.259 e. The predicted octanol–water partition coefficient (Wildman–Crippen LogP) is 3.25. The van der Waals surface area contributed by atoms with E-state index in [-0.39, 0.29) is 5.91 Å². The van der Waals surface area contributed by atoms with Gasteiger partial charge in [-0.1, -0.05) is 26.0 Å². The molecule has 1 heterocycles. The maximum absolute atomic E-state index is 12.1. The zero-order chi connectivity index (χ0) is 15.8. The number of carbonyl (C=O) groups is 1. The topological polar surface area (TPSA) is 54.7 Å². The summed E-state index contributed by atoms with van der Waals surface area (Å²) >= 11 is 0. The molecule has 0 aliphatic carbocycles. The van der Waals surface area contributed by atoms with Crippen LogP contribution in [0.5, 0.6) is 5.75 Å². The van der Waals surface area contributed by atoms with Crippen LogP contribution in [0.1, 0.15) is 24.2 Å². The van der Waals surface area contributed by atoms with E-state index in [1.807, 2.05) is 24.3 Å². The van der Waals surface area contributed by atoms with Crippen LogP contribution in [0.2, 0.25) is 0 Å². The molecule has 0 unspecified atom stereocenters. The molecule has 0 fully saturated rings. The third kappa shape index (κ3) is 4.36. The molecule has 0 saturated heterocycles. The van der Waals surface area contributed by atoms with Gasteiger partial charge in [-0.2, -0.15) is 0 Å². The van der Waals surface area contributed by atoms with Crippen LogP contribution in [0.4, 0.5) is 5.69 Å². The van der Waals surface area contributed by atoms with Crippen molar-refractivity contribution in [2.24, 2.45) is 0 Å². The summed E-state index contributed by atoms with van der Waals surface area (Å²) in [6, 6.07) is 9.06. The molecule has 2 rings (SSSR count). The Labute approximate surface area is 130 Å². The standard InChI is InChI=1S/C17H22N2O3/c1-3-19(4-2)10-12-22-16-8-6-5-7-15(16)18-17(20)14-9-11-21-13-14/h5-9,11,13H,3-4,10,12H2,1-2H3,(H,18,20). The van der Waals surface area contributed by atoms with Gasteiger partial charge in [0.1, 0.15) is 18.6 Å². The molecule has 0 spiro atoms. The lowest BCUT2D eigenvalue weighted by Gasteiger charge is -2.19. The van der Waals surface area contributed by atoms with E-state index in [0.717, 1.165) is 19.6 Å². The van der Waals surface area contributed by atoms with Gasteiger partial charge >= 0.3 is 0 Å². The zero-order valence-corrected chi connectivity index (χ0v) is 13.0. The van der Waals surface area contributed by atoms with Crippen LogP contribution in [-0.2, 0) is 0 Å². The van der Waals surface area contributed by atoms with Gasteiger partial charge in [-0.05, 0) is 31.3 Å². The summed E-state index contributed by atoms with van der Waals surface area (Å²) in [5, 5.41) is 2.84. The lowest BCUT2D eigenvalue weighted by molar-refractivity contribution is 0.102. The fourth-order valence-corrected chi connectivity index (χ4v) is 2.11. The van der Waals surface area contributed by atoms with Crippen molar-refractivity contribution in [3.05, 3.63) is 48.4 Å². The lowest BCUT2D eigenvalue weighted by atomic mass is 10.2. The van der Waals surface area contributed by atoms with Crippen LogP contribution in [0, 0.1) is 0 Å². The number of likely N-dealkylation sites (N-methyl/N-ethyl adjacent to an activating group) is 1. The van der Waals surface area contributed by atoms with Crippen LogP contribution in [-0.4, -0.2) is 37.0 Å². The van der Waals surface area contributed by atoms with E-state index in [2.05, 4.69) is 24.1 Å². The first kappa shape index (κ1) is 16.1. The molecular weight excluding hydrogens is 280 g/mol. The summed E-state index contributed by atoms with van der Waals surface area (Å²) in [7, 11) is 0. The molecule has 22 heavy (non-hydrogen) atoms. The number of carbonyl (C=O) groups excluding carboxylic acids is 1. The van der Waals surface area contributed by atoms with E-state index < -0.39 is 0 Å². The highest BCUT2D eigenvalue weighted by Gasteiger charge is 2.10. The number of rotatable bonds is 8. The number of benzene rings is 1. The van der Waals surface area contributed by atoms with Gasteiger partial charge < -0.3 is 19.4 Å². The van der Waals surface area contributed by atoms with Crippen molar-refractivity contribution in [3.63, 3.8) is 0 Å². The smallest absolute Gasteiger partial charge is 0.259 e. The van der Waals surface area contributed by atoms with Crippen molar-refractivity contribution in [1.29, 1.82) is 0 Å². The van der Waals surface area contributed by atoms with Crippen molar-refractivity contribution in [2.45, 2.75) is 13.8 Å². The minimum absolute atomic E-state index is 0.214. The fourth-order valence-electron chi connectivity index (χ4n) is 2.11. The molecule has 5 nitrogen and oxygen atoms in total. The number of nitrogens with zero attached hydrogens (tertiary/aromatic N) is 1. The van der Waals surface area contributed by atoms with Crippen LogP contribution in [0.3, 0.4) is 0 Å². The van der Waals surface area contributed by atoms with E-state index in [1.165, 1.54) is 12.5 Å². The highest BCUT2D eigenvalue weighted by atomic mass is 16.5. The molecule has 1 N–H and O–H groups in total. The second-order valence-corrected chi connectivity index (χ2v) is 4.84. The van der Waals surface area contributed by atoms with Crippen molar-refractivity contribution in [1.82, 2.24) is 4.90 Å². The Morgan fingerprint density at radius 3 is 2.68 bits per heavy atom. The average molecular weight is 302 g/mol. The molecule has 0 radical (unpaired) electrons. The van der Waals surface area contributed by atoms with Crippen LogP contribution < -0.4 is 10.1 Å². The molecule has 1 aromatic carbocycles. The number of ether oxygens (including phenoxy) is 1. The van der Waals surface area contributed by atoms with Gasteiger partial charge in [0.25, 0.3) is 5.91 Å². The van der Waals surface area contributed by atoms with E-state index in [9.17, 15) is 4.79 Å². The monoisotopic (exact) mass is 302 g/mol. The summed E-state index contributed by atoms with van der Waals surface area (Å²) in [6.07, 6.45) is 2.89. The van der Waals surface area contributed by atoms with Gasteiger partial charge in [-0.3, -0.25) is 4.79 Å². The van der Waals surface area contributed by atoms with E-state index in [4.69, 9.17) is 9.15 Å². The number of para-hydroxylation sites is 2. The van der Waals surface area contributed by atoms with Gasteiger partial charge in [0.15, 0.2) is 0 Å². The first-order valence-corrected chi connectivity index (χ1v) is 7.52. The Hall–Kier alpha value is -2.27. The summed E-state index contributed by atoms with van der Waals surface area (Å²) in [5.74, 6) is 0.458. The molecule has 118 valence electrons. The van der Waals surface area contributed by atoms with Crippen LogP contribution >= 0.6 is 0 Å². The van der Waals surface area contributed by atoms with Gasteiger partial charge in [0, 0.05) is 6.54 Å². The normalized spacial score (nSPS) is 10.7. The minimum atomic E-state index is -0.214. The first-order valence-electron chi connectivity index (χ1n) is 7.52. The molecule has 0 atom stereocenters. The van der Waals surface area contributed by atoms with Gasteiger partial charge in [0.05, 0.1) is 17.5 Å². The molecule has 0 aliphatic heterocycles. The third-order valence-corrected chi connectivity index (χ3v) is 3.48. The zero-order valence-electron chi connectivity index (χ0n) is 13.0. The highest BCUT2D eigenvalue weighted by Crippen LogP contribution is 2.24. The Morgan fingerprint density at radius 2 is 2.00 bits per heavy atom. The number of anilines is 1. The number of amides is 1. The number of furan rings is 1. The van der Waals surface area contributed by atoms with Crippen molar-refractivity contribution >= 4 is 11.6 Å². The second kappa shape index (κ2) is 8.24. The molecule has 1 amide bonds. The van der Waals surface area contributed by atoms with Crippen molar-refractivity contribution in [3.8, 4) is 5.75 Å². The number of hydrogen-bond donors (Lipinski definition) is 1. The first-order chi connectivity index (χ1) is 10.7. The Kier molecular flexibility index (Phi) is 6.03. The molecule has 0 saturated carbocycles. The largest absolute Gasteiger partial charge is 0.490 e. The maximum atomic E-state index is 12.1. The number of hydrogen-bond acceptors (Lipinski definition) is 4. The Bertz CT molecular complexity index is 577. The molecule has 2 aromatic rings. The van der Waals surface area contributed by atoms with Crippen LogP contribution in [0.15, 0.2) is 47.3 Å². The quantitative estimate of drug-likeness (QED) is 0.813.